The molecule has 3 N–H and O–H groups in total. The number of aliphatic hydroxyl groups excluding tert-OH is 1. The maximum atomic E-state index is 11.0. The average molecular weight is 202 g/mol. The molecule has 0 aromatic carbocycles. The van der Waals surface area contributed by atoms with E-state index < -0.39 is 6.09 Å². The van der Waals surface area contributed by atoms with Crippen LogP contribution < -0.4 is 10.9 Å². The van der Waals surface area contributed by atoms with Crippen LogP contribution in [0.5, 0.6) is 0 Å². The molecule has 0 aromatic rings. The Labute approximate surface area is 83.8 Å². The van der Waals surface area contributed by atoms with E-state index in [1.54, 1.807) is 0 Å². The van der Waals surface area contributed by atoms with Gasteiger partial charge >= 0.3 is 6.09 Å². The number of hydrogen-bond acceptors (Lipinski definition) is 4. The van der Waals surface area contributed by atoms with Gasteiger partial charge in [0, 0.05) is 6.04 Å². The molecule has 1 aliphatic rings. The minimum atomic E-state index is -0.445. The highest BCUT2D eigenvalue weighted by Crippen LogP contribution is 2.18. The Morgan fingerprint density at radius 3 is 2.86 bits per heavy atom. The van der Waals surface area contributed by atoms with Crippen LogP contribution in [0, 0.1) is 0 Å². The van der Waals surface area contributed by atoms with Gasteiger partial charge in [0.2, 0.25) is 0 Å². The van der Waals surface area contributed by atoms with Crippen LogP contribution in [0.3, 0.4) is 0 Å². The van der Waals surface area contributed by atoms with Crippen molar-refractivity contribution in [1.82, 2.24) is 10.9 Å². The number of nitrogens with one attached hydrogen (secondary N) is 2. The Bertz CT molecular complexity index is 181. The number of hydrazine groups is 1. The first-order chi connectivity index (χ1) is 6.72. The molecule has 5 nitrogen and oxygen atoms in total. The molecule has 1 amide bonds. The summed E-state index contributed by atoms with van der Waals surface area (Å²) in [4.78, 5) is 11.0. The Kier molecular flexibility index (Phi) is 4.69. The first-order valence-corrected chi connectivity index (χ1v) is 5.08. The molecule has 1 aliphatic carbocycles. The normalized spacial score (nSPS) is 25.3. The van der Waals surface area contributed by atoms with Gasteiger partial charge in [-0.2, -0.15) is 0 Å². The highest BCUT2D eigenvalue weighted by molar-refractivity contribution is 5.66. The Hall–Kier alpha value is -0.810. The maximum absolute atomic E-state index is 11.0. The largest absolute Gasteiger partial charge is 0.449 e. The molecule has 0 saturated heterocycles. The molecule has 1 rings (SSSR count). The number of ether oxygens (including phenoxy) is 1. The van der Waals surface area contributed by atoms with Gasteiger partial charge < -0.3 is 9.84 Å². The number of hydrogen-bond donors (Lipinski definition) is 3. The van der Waals surface area contributed by atoms with Gasteiger partial charge in [0.15, 0.2) is 0 Å². The van der Waals surface area contributed by atoms with E-state index in [4.69, 9.17) is 9.84 Å². The molecule has 0 aromatic heterocycles. The van der Waals surface area contributed by atoms with Crippen LogP contribution in [0.4, 0.5) is 4.79 Å². The molecular weight excluding hydrogens is 184 g/mol. The highest BCUT2D eigenvalue weighted by atomic mass is 16.6. The molecule has 5 heteroatoms. The molecule has 1 saturated carbocycles. The molecule has 0 bridgehead atoms. The van der Waals surface area contributed by atoms with Gasteiger partial charge in [-0.25, -0.2) is 10.2 Å². The third-order valence-electron chi connectivity index (χ3n) is 2.22. The first kappa shape index (κ1) is 11.3. The van der Waals surface area contributed by atoms with E-state index in [0.29, 0.717) is 19.4 Å². The van der Waals surface area contributed by atoms with Crippen molar-refractivity contribution in [1.29, 1.82) is 0 Å². The van der Waals surface area contributed by atoms with Gasteiger partial charge in [0.1, 0.15) is 0 Å². The smallest absolute Gasteiger partial charge is 0.421 e. The monoisotopic (exact) mass is 202 g/mol. The summed E-state index contributed by atoms with van der Waals surface area (Å²) >= 11 is 0. The second-order valence-electron chi connectivity index (χ2n) is 3.58. The second kappa shape index (κ2) is 5.82. The predicted molar refractivity (Wildman–Crippen MR) is 51.6 cm³/mol. The molecule has 0 unspecified atom stereocenters. The Balaban J connectivity index is 1.93. The Morgan fingerprint density at radius 2 is 2.29 bits per heavy atom. The fourth-order valence-electron chi connectivity index (χ4n) is 1.21. The lowest BCUT2D eigenvalue weighted by Gasteiger charge is -2.31. The molecule has 1 fully saturated rings. The van der Waals surface area contributed by atoms with Gasteiger partial charge in [-0.1, -0.05) is 13.3 Å². The van der Waals surface area contributed by atoms with Gasteiger partial charge in [-0.05, 0) is 19.3 Å². The van der Waals surface area contributed by atoms with Crippen LogP contribution in [0.2, 0.25) is 0 Å². The minimum absolute atomic E-state index is 0.184. The number of aliphatic hydroxyl groups is 1. The van der Waals surface area contributed by atoms with Gasteiger partial charge in [-0.15, -0.1) is 0 Å². The molecule has 82 valence electrons. The quantitative estimate of drug-likeness (QED) is 0.449. The fraction of sp³-hybridized carbons (Fsp3) is 0.889. The fourth-order valence-corrected chi connectivity index (χ4v) is 1.21. The first-order valence-electron chi connectivity index (χ1n) is 5.08. The summed E-state index contributed by atoms with van der Waals surface area (Å²) in [6, 6.07) is 0.184. The van der Waals surface area contributed by atoms with E-state index in [-0.39, 0.29) is 12.1 Å². The van der Waals surface area contributed by atoms with E-state index in [1.807, 2.05) is 6.92 Å². The lowest BCUT2D eigenvalue weighted by Crippen LogP contribution is -2.52. The molecule has 0 heterocycles. The van der Waals surface area contributed by atoms with E-state index in [2.05, 4.69) is 10.9 Å². The zero-order valence-electron chi connectivity index (χ0n) is 8.45. The molecule has 0 radical (unpaired) electrons. The summed E-state index contributed by atoms with van der Waals surface area (Å²) in [5.74, 6) is 0. The minimum Gasteiger partial charge on any atom is -0.449 e. The van der Waals surface area contributed by atoms with Crippen LogP contribution >= 0.6 is 0 Å². The third-order valence-corrected chi connectivity index (χ3v) is 2.22. The van der Waals surface area contributed by atoms with Gasteiger partial charge in [0.05, 0.1) is 12.7 Å². The number of unbranched alkanes of at least 4 members (excludes halogenated alkanes) is 1. The van der Waals surface area contributed by atoms with E-state index in [0.717, 1.165) is 12.8 Å². The number of amides is 1. The summed E-state index contributed by atoms with van der Waals surface area (Å²) < 4.78 is 4.85. The SMILES string of the molecule is CCCCOC(=O)NNC1CC(O)C1. The van der Waals surface area contributed by atoms with Crippen molar-refractivity contribution in [2.75, 3.05) is 6.61 Å². The average Bonchev–Trinajstić information content (AvgIpc) is 2.11. The van der Waals surface area contributed by atoms with Crippen molar-refractivity contribution in [2.45, 2.75) is 44.8 Å². The van der Waals surface area contributed by atoms with Crippen molar-refractivity contribution in [3.63, 3.8) is 0 Å². The molecular formula is C9H18N2O3. The van der Waals surface area contributed by atoms with Crippen LogP contribution in [-0.2, 0) is 4.74 Å². The lowest BCUT2D eigenvalue weighted by molar-refractivity contribution is 0.0541. The molecule has 0 spiro atoms. The zero-order valence-corrected chi connectivity index (χ0v) is 8.45. The van der Waals surface area contributed by atoms with Crippen LogP contribution in [0.15, 0.2) is 0 Å². The van der Waals surface area contributed by atoms with Crippen molar-refractivity contribution in [2.24, 2.45) is 0 Å². The predicted octanol–water partition coefficient (Wildman–Crippen LogP) is 0.541. The maximum Gasteiger partial charge on any atom is 0.421 e. The van der Waals surface area contributed by atoms with Gasteiger partial charge in [-0.3, -0.25) is 5.43 Å². The molecule has 0 aliphatic heterocycles. The Morgan fingerprint density at radius 1 is 1.57 bits per heavy atom. The van der Waals surface area contributed by atoms with Gasteiger partial charge in [0.25, 0.3) is 0 Å². The van der Waals surface area contributed by atoms with E-state index in [9.17, 15) is 4.79 Å². The lowest BCUT2D eigenvalue weighted by atomic mass is 9.90. The van der Waals surface area contributed by atoms with E-state index in [1.165, 1.54) is 0 Å². The summed E-state index contributed by atoms with van der Waals surface area (Å²) in [5, 5.41) is 8.97. The van der Waals surface area contributed by atoms with Crippen molar-refractivity contribution in [3.8, 4) is 0 Å². The molecule has 14 heavy (non-hydrogen) atoms. The summed E-state index contributed by atoms with van der Waals surface area (Å²) in [5.41, 5.74) is 5.23. The molecule has 0 atom stereocenters. The second-order valence-corrected chi connectivity index (χ2v) is 3.58. The third kappa shape index (κ3) is 3.93. The summed E-state index contributed by atoms with van der Waals surface area (Å²) in [6.07, 6.45) is 2.61. The highest BCUT2D eigenvalue weighted by Gasteiger charge is 2.27. The van der Waals surface area contributed by atoms with Crippen molar-refractivity contribution >= 4 is 6.09 Å². The topological polar surface area (TPSA) is 70.6 Å². The summed E-state index contributed by atoms with van der Waals surface area (Å²) in [7, 11) is 0. The number of carbonyl (C=O) groups is 1. The van der Waals surface area contributed by atoms with Crippen molar-refractivity contribution < 1.29 is 14.6 Å². The van der Waals surface area contributed by atoms with E-state index >= 15 is 0 Å². The van der Waals surface area contributed by atoms with Crippen LogP contribution in [0.25, 0.3) is 0 Å². The van der Waals surface area contributed by atoms with Crippen LogP contribution in [-0.4, -0.2) is 30.0 Å². The van der Waals surface area contributed by atoms with Crippen molar-refractivity contribution in [3.05, 3.63) is 0 Å². The zero-order chi connectivity index (χ0) is 10.4. The standard InChI is InChI=1S/C9H18N2O3/c1-2-3-4-14-9(13)11-10-7-5-8(12)6-7/h7-8,10,12H,2-6H2,1H3,(H,11,13). The van der Waals surface area contributed by atoms with Crippen LogP contribution in [0.1, 0.15) is 32.6 Å². The number of rotatable bonds is 5. The number of carbonyl (C=O) groups excluding carboxylic acids is 1. The summed E-state index contributed by atoms with van der Waals surface area (Å²) in [6.45, 7) is 2.49.